The SMILES string of the molecule is COC(=O)C(=CSc1ccccc1)c1ccsc1. The molecule has 2 rings (SSSR count). The van der Waals surface area contributed by atoms with Crippen LogP contribution in [-0.2, 0) is 9.53 Å². The van der Waals surface area contributed by atoms with Gasteiger partial charge in [0.1, 0.15) is 0 Å². The molecule has 1 aromatic carbocycles. The third-order valence-corrected chi connectivity index (χ3v) is 3.87. The maximum atomic E-state index is 11.7. The molecule has 92 valence electrons. The number of esters is 1. The first-order chi connectivity index (χ1) is 8.81. The molecule has 2 aromatic rings. The third-order valence-electron chi connectivity index (χ3n) is 2.29. The molecule has 0 fully saturated rings. The van der Waals surface area contributed by atoms with Crippen molar-refractivity contribution in [2.75, 3.05) is 7.11 Å². The van der Waals surface area contributed by atoms with Gasteiger partial charge in [-0.05, 0) is 34.4 Å². The van der Waals surface area contributed by atoms with Crippen molar-refractivity contribution < 1.29 is 9.53 Å². The number of methoxy groups -OCH3 is 1. The van der Waals surface area contributed by atoms with Crippen LogP contribution in [0.5, 0.6) is 0 Å². The summed E-state index contributed by atoms with van der Waals surface area (Å²) in [6.07, 6.45) is 0. The van der Waals surface area contributed by atoms with E-state index >= 15 is 0 Å². The van der Waals surface area contributed by atoms with Crippen LogP contribution < -0.4 is 0 Å². The second-order valence-corrected chi connectivity index (χ2v) is 5.19. The average molecular weight is 276 g/mol. The summed E-state index contributed by atoms with van der Waals surface area (Å²) in [4.78, 5) is 12.8. The summed E-state index contributed by atoms with van der Waals surface area (Å²) in [5.74, 6) is -0.308. The predicted octanol–water partition coefficient (Wildman–Crippen LogP) is 4.05. The fraction of sp³-hybridized carbons (Fsp3) is 0.0714. The highest BCUT2D eigenvalue weighted by molar-refractivity contribution is 8.02. The molecule has 2 nitrogen and oxygen atoms in total. The summed E-state index contributed by atoms with van der Waals surface area (Å²) < 4.78 is 4.81. The van der Waals surface area contributed by atoms with E-state index < -0.39 is 0 Å². The molecule has 0 saturated heterocycles. The Bertz CT molecular complexity index is 530. The van der Waals surface area contributed by atoms with Gasteiger partial charge in [-0.15, -0.1) is 0 Å². The molecule has 0 saturated carbocycles. The minimum Gasteiger partial charge on any atom is -0.465 e. The van der Waals surface area contributed by atoms with Crippen molar-refractivity contribution in [3.05, 3.63) is 58.1 Å². The number of rotatable bonds is 4. The van der Waals surface area contributed by atoms with E-state index in [2.05, 4.69) is 0 Å². The number of benzene rings is 1. The topological polar surface area (TPSA) is 26.3 Å². The Labute approximate surface area is 114 Å². The van der Waals surface area contributed by atoms with Crippen LogP contribution in [0.25, 0.3) is 5.57 Å². The molecule has 0 unspecified atom stereocenters. The zero-order chi connectivity index (χ0) is 12.8. The zero-order valence-corrected chi connectivity index (χ0v) is 11.5. The van der Waals surface area contributed by atoms with Gasteiger partial charge >= 0.3 is 5.97 Å². The lowest BCUT2D eigenvalue weighted by Crippen LogP contribution is -2.02. The molecule has 0 N–H and O–H groups in total. The van der Waals surface area contributed by atoms with Gasteiger partial charge in [-0.1, -0.05) is 30.0 Å². The van der Waals surface area contributed by atoms with Crippen molar-refractivity contribution in [2.45, 2.75) is 4.90 Å². The fourth-order valence-corrected chi connectivity index (χ4v) is 2.84. The Balaban J connectivity index is 2.22. The summed E-state index contributed by atoms with van der Waals surface area (Å²) in [5, 5.41) is 5.72. The van der Waals surface area contributed by atoms with E-state index in [9.17, 15) is 4.79 Å². The van der Waals surface area contributed by atoms with Crippen molar-refractivity contribution in [3.63, 3.8) is 0 Å². The van der Waals surface area contributed by atoms with Crippen LogP contribution in [-0.4, -0.2) is 13.1 Å². The number of hydrogen-bond acceptors (Lipinski definition) is 4. The van der Waals surface area contributed by atoms with Crippen molar-refractivity contribution >= 4 is 34.6 Å². The number of thiophene rings is 1. The smallest absolute Gasteiger partial charge is 0.339 e. The van der Waals surface area contributed by atoms with E-state index in [-0.39, 0.29) is 5.97 Å². The van der Waals surface area contributed by atoms with Gasteiger partial charge in [-0.2, -0.15) is 11.3 Å². The highest BCUT2D eigenvalue weighted by Gasteiger charge is 2.12. The highest BCUT2D eigenvalue weighted by atomic mass is 32.2. The van der Waals surface area contributed by atoms with Crippen LogP contribution in [0, 0.1) is 0 Å². The highest BCUT2D eigenvalue weighted by Crippen LogP contribution is 2.26. The van der Waals surface area contributed by atoms with Crippen molar-refractivity contribution in [3.8, 4) is 0 Å². The van der Waals surface area contributed by atoms with Crippen molar-refractivity contribution in [1.29, 1.82) is 0 Å². The summed E-state index contributed by atoms with van der Waals surface area (Å²) in [6, 6.07) is 11.8. The molecular formula is C14H12O2S2. The second kappa shape index (κ2) is 6.42. The number of carbonyl (C=O) groups excluding carboxylic acids is 1. The lowest BCUT2D eigenvalue weighted by atomic mass is 10.2. The Morgan fingerprint density at radius 2 is 2.06 bits per heavy atom. The van der Waals surface area contributed by atoms with Gasteiger partial charge in [0, 0.05) is 10.5 Å². The van der Waals surface area contributed by atoms with E-state index in [1.165, 1.54) is 18.9 Å². The van der Waals surface area contributed by atoms with Gasteiger partial charge < -0.3 is 4.74 Å². The molecule has 18 heavy (non-hydrogen) atoms. The van der Waals surface area contributed by atoms with Crippen LogP contribution in [0.1, 0.15) is 5.56 Å². The van der Waals surface area contributed by atoms with E-state index in [0.29, 0.717) is 5.57 Å². The Kier molecular flexibility index (Phi) is 4.61. The van der Waals surface area contributed by atoms with Crippen LogP contribution in [0.3, 0.4) is 0 Å². The molecular weight excluding hydrogens is 264 g/mol. The maximum absolute atomic E-state index is 11.7. The summed E-state index contributed by atoms with van der Waals surface area (Å²) in [7, 11) is 1.40. The minimum absolute atomic E-state index is 0.308. The maximum Gasteiger partial charge on any atom is 0.339 e. The first-order valence-corrected chi connectivity index (χ1v) is 7.16. The van der Waals surface area contributed by atoms with Crippen molar-refractivity contribution in [2.24, 2.45) is 0 Å². The number of carbonyl (C=O) groups is 1. The Morgan fingerprint density at radius 3 is 2.67 bits per heavy atom. The van der Waals surface area contributed by atoms with Crippen LogP contribution in [0.15, 0.2) is 57.5 Å². The molecule has 1 aromatic heterocycles. The van der Waals surface area contributed by atoms with Gasteiger partial charge in [0.05, 0.1) is 12.7 Å². The van der Waals surface area contributed by atoms with Gasteiger partial charge in [0.25, 0.3) is 0 Å². The van der Waals surface area contributed by atoms with Crippen LogP contribution in [0.2, 0.25) is 0 Å². The molecule has 0 aliphatic carbocycles. The van der Waals surface area contributed by atoms with E-state index in [4.69, 9.17) is 4.74 Å². The second-order valence-electron chi connectivity index (χ2n) is 3.47. The molecule has 0 aliphatic heterocycles. The Hall–Kier alpha value is -1.52. The lowest BCUT2D eigenvalue weighted by Gasteiger charge is -2.03. The lowest BCUT2D eigenvalue weighted by molar-refractivity contribution is -0.133. The Morgan fingerprint density at radius 1 is 1.28 bits per heavy atom. The zero-order valence-electron chi connectivity index (χ0n) is 9.83. The summed E-state index contributed by atoms with van der Waals surface area (Å²) in [5.41, 5.74) is 1.49. The number of ether oxygens (including phenoxy) is 1. The molecule has 0 spiro atoms. The molecule has 0 amide bonds. The average Bonchev–Trinajstić information content (AvgIpc) is 2.94. The predicted molar refractivity (Wildman–Crippen MR) is 76.6 cm³/mol. The van der Waals surface area contributed by atoms with Gasteiger partial charge in [-0.25, -0.2) is 4.79 Å². The molecule has 0 bridgehead atoms. The van der Waals surface area contributed by atoms with Crippen molar-refractivity contribution in [1.82, 2.24) is 0 Å². The first-order valence-electron chi connectivity index (χ1n) is 5.34. The largest absolute Gasteiger partial charge is 0.465 e. The molecule has 1 heterocycles. The quantitative estimate of drug-likeness (QED) is 0.478. The van der Waals surface area contributed by atoms with Crippen LogP contribution >= 0.6 is 23.1 Å². The molecule has 0 radical (unpaired) electrons. The number of thioether (sulfide) groups is 1. The molecule has 0 atom stereocenters. The fourth-order valence-electron chi connectivity index (χ4n) is 1.39. The normalized spacial score (nSPS) is 11.3. The van der Waals surface area contributed by atoms with Gasteiger partial charge in [0.15, 0.2) is 0 Å². The summed E-state index contributed by atoms with van der Waals surface area (Å²) >= 11 is 3.07. The van der Waals surface area contributed by atoms with Gasteiger partial charge in [0.2, 0.25) is 0 Å². The molecule has 4 heteroatoms. The monoisotopic (exact) mass is 276 g/mol. The van der Waals surface area contributed by atoms with E-state index in [1.807, 2.05) is 52.6 Å². The number of hydrogen-bond donors (Lipinski definition) is 0. The standard InChI is InChI=1S/C14H12O2S2/c1-16-14(15)13(11-7-8-17-9-11)10-18-12-5-3-2-4-6-12/h2-10H,1H3. The van der Waals surface area contributed by atoms with E-state index in [0.717, 1.165) is 10.5 Å². The van der Waals surface area contributed by atoms with Gasteiger partial charge in [-0.3, -0.25) is 0 Å². The van der Waals surface area contributed by atoms with Crippen LogP contribution in [0.4, 0.5) is 0 Å². The van der Waals surface area contributed by atoms with E-state index in [1.54, 1.807) is 11.3 Å². The summed E-state index contributed by atoms with van der Waals surface area (Å²) in [6.45, 7) is 0. The third kappa shape index (κ3) is 3.24. The minimum atomic E-state index is -0.308. The molecule has 0 aliphatic rings. The first kappa shape index (κ1) is 12.9.